The first-order chi connectivity index (χ1) is 9.60. The SMILES string of the molecule is CCN(CC)CCCN(CC)Cc1ccc(C)c(N)c1. The van der Waals surface area contributed by atoms with Gasteiger partial charge in [0.2, 0.25) is 0 Å². The summed E-state index contributed by atoms with van der Waals surface area (Å²) in [6.45, 7) is 15.5. The summed E-state index contributed by atoms with van der Waals surface area (Å²) in [5.41, 5.74) is 9.38. The summed E-state index contributed by atoms with van der Waals surface area (Å²) in [6, 6.07) is 6.43. The fraction of sp³-hybridized carbons (Fsp3) is 0.647. The van der Waals surface area contributed by atoms with Crippen LogP contribution in [-0.4, -0.2) is 42.5 Å². The van der Waals surface area contributed by atoms with Gasteiger partial charge in [-0.15, -0.1) is 0 Å². The van der Waals surface area contributed by atoms with Crippen LogP contribution in [0, 0.1) is 6.92 Å². The highest BCUT2D eigenvalue weighted by atomic mass is 15.1. The number of nitrogen functional groups attached to an aromatic ring is 1. The van der Waals surface area contributed by atoms with Crippen LogP contribution >= 0.6 is 0 Å². The van der Waals surface area contributed by atoms with E-state index in [9.17, 15) is 0 Å². The van der Waals surface area contributed by atoms with Gasteiger partial charge in [-0.3, -0.25) is 4.90 Å². The largest absolute Gasteiger partial charge is 0.399 e. The number of anilines is 1. The lowest BCUT2D eigenvalue weighted by Crippen LogP contribution is -2.29. The van der Waals surface area contributed by atoms with E-state index in [0.717, 1.165) is 38.4 Å². The van der Waals surface area contributed by atoms with Gasteiger partial charge in [0.1, 0.15) is 0 Å². The van der Waals surface area contributed by atoms with Gasteiger partial charge in [0.15, 0.2) is 0 Å². The quantitative estimate of drug-likeness (QED) is 0.704. The molecule has 0 aromatic heterocycles. The fourth-order valence-corrected chi connectivity index (χ4v) is 2.45. The lowest BCUT2D eigenvalue weighted by atomic mass is 10.1. The van der Waals surface area contributed by atoms with Crippen molar-refractivity contribution in [2.75, 3.05) is 38.5 Å². The topological polar surface area (TPSA) is 32.5 Å². The monoisotopic (exact) mass is 277 g/mol. The molecule has 0 saturated heterocycles. The molecule has 1 aromatic carbocycles. The van der Waals surface area contributed by atoms with Crippen LogP contribution in [-0.2, 0) is 6.54 Å². The minimum Gasteiger partial charge on any atom is -0.399 e. The number of hydrogen-bond acceptors (Lipinski definition) is 3. The van der Waals surface area contributed by atoms with E-state index < -0.39 is 0 Å². The maximum absolute atomic E-state index is 5.99. The van der Waals surface area contributed by atoms with Gasteiger partial charge in [0, 0.05) is 12.2 Å². The lowest BCUT2D eigenvalue weighted by Gasteiger charge is -2.23. The van der Waals surface area contributed by atoms with Gasteiger partial charge in [-0.2, -0.15) is 0 Å². The predicted octanol–water partition coefficient (Wildman–Crippen LogP) is 3.13. The predicted molar refractivity (Wildman–Crippen MR) is 88.9 cm³/mol. The van der Waals surface area contributed by atoms with Crippen molar-refractivity contribution in [2.24, 2.45) is 0 Å². The van der Waals surface area contributed by atoms with Crippen LogP contribution < -0.4 is 5.73 Å². The van der Waals surface area contributed by atoms with E-state index in [-0.39, 0.29) is 0 Å². The summed E-state index contributed by atoms with van der Waals surface area (Å²) in [6.07, 6.45) is 1.23. The maximum Gasteiger partial charge on any atom is 0.0346 e. The van der Waals surface area contributed by atoms with Crippen molar-refractivity contribution in [3.8, 4) is 0 Å². The normalized spacial score (nSPS) is 11.5. The van der Waals surface area contributed by atoms with Gasteiger partial charge >= 0.3 is 0 Å². The second-order valence-electron chi connectivity index (χ2n) is 5.44. The van der Waals surface area contributed by atoms with E-state index in [1.54, 1.807) is 0 Å². The molecule has 0 saturated carbocycles. The summed E-state index contributed by atoms with van der Waals surface area (Å²) in [5, 5.41) is 0. The molecule has 20 heavy (non-hydrogen) atoms. The molecule has 1 aromatic rings. The number of rotatable bonds is 9. The van der Waals surface area contributed by atoms with Crippen LogP contribution in [0.5, 0.6) is 0 Å². The highest BCUT2D eigenvalue weighted by molar-refractivity contribution is 5.48. The van der Waals surface area contributed by atoms with E-state index in [2.05, 4.69) is 55.7 Å². The van der Waals surface area contributed by atoms with Crippen LogP contribution in [0.3, 0.4) is 0 Å². The average molecular weight is 277 g/mol. The van der Waals surface area contributed by atoms with Gasteiger partial charge in [0.25, 0.3) is 0 Å². The molecule has 0 radical (unpaired) electrons. The summed E-state index contributed by atoms with van der Waals surface area (Å²) in [7, 11) is 0. The number of benzene rings is 1. The Morgan fingerprint density at radius 3 is 2.10 bits per heavy atom. The number of nitrogens with two attached hydrogens (primary N) is 1. The van der Waals surface area contributed by atoms with E-state index in [1.165, 1.54) is 24.1 Å². The molecule has 3 heteroatoms. The van der Waals surface area contributed by atoms with Crippen molar-refractivity contribution >= 4 is 5.69 Å². The summed E-state index contributed by atoms with van der Waals surface area (Å²) in [5.74, 6) is 0. The molecule has 0 aliphatic rings. The molecule has 1 rings (SSSR count). The standard InChI is InChI=1S/C17H31N3/c1-5-19(6-2)11-8-12-20(7-3)14-16-10-9-15(4)17(18)13-16/h9-10,13H,5-8,11-12,14,18H2,1-4H3. The zero-order valence-corrected chi connectivity index (χ0v) is 13.7. The Hall–Kier alpha value is -1.06. The van der Waals surface area contributed by atoms with Crippen molar-refractivity contribution in [1.29, 1.82) is 0 Å². The Balaban J connectivity index is 2.44. The van der Waals surface area contributed by atoms with Crippen LogP contribution in [0.25, 0.3) is 0 Å². The second-order valence-corrected chi connectivity index (χ2v) is 5.44. The zero-order chi connectivity index (χ0) is 15.0. The summed E-state index contributed by atoms with van der Waals surface area (Å²) >= 11 is 0. The van der Waals surface area contributed by atoms with Crippen LogP contribution in [0.4, 0.5) is 5.69 Å². The molecule has 0 fully saturated rings. The molecule has 0 heterocycles. The summed E-state index contributed by atoms with van der Waals surface area (Å²) in [4.78, 5) is 4.98. The van der Waals surface area contributed by atoms with Gasteiger partial charge < -0.3 is 10.6 Å². The Bertz CT molecular complexity index is 386. The molecule has 3 nitrogen and oxygen atoms in total. The number of hydrogen-bond donors (Lipinski definition) is 1. The van der Waals surface area contributed by atoms with Crippen LogP contribution in [0.15, 0.2) is 18.2 Å². The molecule has 0 amide bonds. The molecular weight excluding hydrogens is 246 g/mol. The first-order valence-electron chi connectivity index (χ1n) is 7.90. The first kappa shape index (κ1) is 17.0. The highest BCUT2D eigenvalue weighted by Gasteiger charge is 2.06. The smallest absolute Gasteiger partial charge is 0.0346 e. The molecule has 2 N–H and O–H groups in total. The van der Waals surface area contributed by atoms with Gasteiger partial charge in [-0.1, -0.05) is 32.9 Å². The van der Waals surface area contributed by atoms with Crippen LogP contribution in [0.2, 0.25) is 0 Å². The molecule has 114 valence electrons. The minimum absolute atomic E-state index is 0.904. The molecule has 0 aliphatic carbocycles. The van der Waals surface area contributed by atoms with E-state index in [4.69, 9.17) is 5.73 Å². The number of nitrogens with zero attached hydrogens (tertiary/aromatic N) is 2. The van der Waals surface area contributed by atoms with E-state index >= 15 is 0 Å². The Morgan fingerprint density at radius 1 is 0.950 bits per heavy atom. The Morgan fingerprint density at radius 2 is 1.55 bits per heavy atom. The lowest BCUT2D eigenvalue weighted by molar-refractivity contribution is 0.238. The fourth-order valence-electron chi connectivity index (χ4n) is 2.45. The van der Waals surface area contributed by atoms with Crippen molar-refractivity contribution < 1.29 is 0 Å². The Labute approximate surface area is 124 Å². The maximum atomic E-state index is 5.99. The van der Waals surface area contributed by atoms with Crippen molar-refractivity contribution in [3.63, 3.8) is 0 Å². The third kappa shape index (κ3) is 5.51. The third-order valence-electron chi connectivity index (χ3n) is 4.04. The zero-order valence-electron chi connectivity index (χ0n) is 13.7. The van der Waals surface area contributed by atoms with Gasteiger partial charge in [-0.25, -0.2) is 0 Å². The molecule has 0 atom stereocenters. The molecule has 0 aliphatic heterocycles. The second kappa shape index (κ2) is 8.98. The van der Waals surface area contributed by atoms with Gasteiger partial charge in [-0.05, 0) is 63.3 Å². The number of aryl methyl sites for hydroxylation is 1. The molecular formula is C17H31N3. The Kier molecular flexibility index (Phi) is 7.63. The molecule has 0 bridgehead atoms. The minimum atomic E-state index is 0.904. The van der Waals surface area contributed by atoms with E-state index in [1.807, 2.05) is 0 Å². The third-order valence-corrected chi connectivity index (χ3v) is 4.04. The average Bonchev–Trinajstić information content (AvgIpc) is 2.46. The molecule has 0 unspecified atom stereocenters. The van der Waals surface area contributed by atoms with Gasteiger partial charge in [0.05, 0.1) is 0 Å². The van der Waals surface area contributed by atoms with E-state index in [0.29, 0.717) is 0 Å². The van der Waals surface area contributed by atoms with Crippen molar-refractivity contribution in [3.05, 3.63) is 29.3 Å². The summed E-state index contributed by atoms with van der Waals surface area (Å²) < 4.78 is 0. The van der Waals surface area contributed by atoms with Crippen LogP contribution in [0.1, 0.15) is 38.3 Å². The molecule has 0 spiro atoms. The first-order valence-corrected chi connectivity index (χ1v) is 7.90. The van der Waals surface area contributed by atoms with Crippen molar-refractivity contribution in [1.82, 2.24) is 9.80 Å². The van der Waals surface area contributed by atoms with Crippen molar-refractivity contribution in [2.45, 2.75) is 40.7 Å². The highest BCUT2D eigenvalue weighted by Crippen LogP contribution is 2.14.